The number of phosphoric ester groups is 1. The Morgan fingerprint density at radius 2 is 1.49 bits per heavy atom. The van der Waals surface area contributed by atoms with E-state index in [9.17, 15) is 55.1 Å². The number of phosphoric acid groups is 1. The first-order chi connectivity index (χ1) is 23.7. The molecule has 270 valence electrons. The molecule has 0 aliphatic carbocycles. The number of aromatic hydroxyl groups is 3. The molecular formula is C31H32NaO18P. The van der Waals surface area contributed by atoms with Crippen molar-refractivity contribution < 1.29 is 117 Å². The molecule has 18 nitrogen and oxygen atoms in total. The number of ether oxygens (including phenoxy) is 5. The summed E-state index contributed by atoms with van der Waals surface area (Å²) in [6, 6.07) is 10.4. The van der Waals surface area contributed by atoms with Crippen molar-refractivity contribution in [1.82, 2.24) is 0 Å². The number of Topliss-reactive ketones (excluding diaryl/α,β-unsaturated/α-hetero) is 1. The third kappa shape index (κ3) is 7.79. The fourth-order valence-electron chi connectivity index (χ4n) is 5.74. The van der Waals surface area contributed by atoms with E-state index in [4.69, 9.17) is 32.7 Å². The molecule has 20 heteroatoms. The van der Waals surface area contributed by atoms with Crippen molar-refractivity contribution in [1.29, 1.82) is 0 Å². The predicted molar refractivity (Wildman–Crippen MR) is 161 cm³/mol. The molecule has 8 N–H and O–H groups in total. The zero-order valence-electron chi connectivity index (χ0n) is 26.8. The van der Waals surface area contributed by atoms with Crippen LogP contribution in [0.2, 0.25) is 0 Å². The Bertz CT molecular complexity index is 1810. The first-order valence-electron chi connectivity index (χ1n) is 14.9. The second kappa shape index (κ2) is 15.4. The Balaban J connectivity index is 0.00000504. The van der Waals surface area contributed by atoms with Crippen LogP contribution in [0.15, 0.2) is 48.5 Å². The summed E-state index contributed by atoms with van der Waals surface area (Å²) in [5.41, 5.74) is 0.221. The molecule has 0 radical (unpaired) electrons. The Morgan fingerprint density at radius 1 is 0.804 bits per heavy atom. The van der Waals surface area contributed by atoms with E-state index in [1.807, 2.05) is 0 Å². The summed E-state index contributed by atoms with van der Waals surface area (Å²) in [5.74, 6) is -2.06. The van der Waals surface area contributed by atoms with E-state index >= 15 is 0 Å². The van der Waals surface area contributed by atoms with Crippen molar-refractivity contribution in [3.05, 3.63) is 65.2 Å². The van der Waals surface area contributed by atoms with Crippen LogP contribution in [-0.4, -0.2) is 110 Å². The minimum absolute atomic E-state index is 0. The van der Waals surface area contributed by atoms with E-state index in [1.54, 1.807) is 0 Å². The van der Waals surface area contributed by atoms with Gasteiger partial charge in [-0.2, -0.15) is 0 Å². The maximum Gasteiger partial charge on any atom is 1.00 e. The number of methoxy groups -OCH3 is 1. The van der Waals surface area contributed by atoms with E-state index in [-0.39, 0.29) is 75.2 Å². The molecule has 1 fully saturated rings. The monoisotopic (exact) mass is 746 g/mol. The van der Waals surface area contributed by atoms with Gasteiger partial charge in [0.15, 0.2) is 53.7 Å². The van der Waals surface area contributed by atoms with Gasteiger partial charge in [0.05, 0.1) is 20.3 Å². The molecular weight excluding hydrogens is 714 g/mol. The van der Waals surface area contributed by atoms with Crippen LogP contribution in [0.25, 0.3) is 0 Å². The molecule has 3 aliphatic rings. The molecule has 2 unspecified atom stereocenters. The number of ketones is 1. The third-order valence-electron chi connectivity index (χ3n) is 8.30. The van der Waals surface area contributed by atoms with Crippen molar-refractivity contribution in [3.8, 4) is 40.2 Å². The van der Waals surface area contributed by atoms with E-state index in [2.05, 4.69) is 0 Å². The van der Waals surface area contributed by atoms with Gasteiger partial charge in [-0.25, -0.2) is 0 Å². The number of carbonyl (C=O) groups is 1. The number of aliphatic hydroxyl groups is 5. The van der Waals surface area contributed by atoms with E-state index in [0.717, 1.165) is 12.1 Å². The van der Waals surface area contributed by atoms with Crippen molar-refractivity contribution in [2.45, 2.75) is 55.1 Å². The molecule has 51 heavy (non-hydrogen) atoms. The van der Waals surface area contributed by atoms with Gasteiger partial charge in [-0.15, -0.1) is 0 Å². The third-order valence-corrected chi connectivity index (χ3v) is 9.23. The smallest absolute Gasteiger partial charge is 0.756 e. The van der Waals surface area contributed by atoms with Crippen LogP contribution in [0.3, 0.4) is 0 Å². The molecule has 3 aliphatic heterocycles. The van der Waals surface area contributed by atoms with Crippen LogP contribution in [0.5, 0.6) is 40.2 Å². The van der Waals surface area contributed by atoms with E-state index in [0.29, 0.717) is 5.56 Å². The molecule has 10 atom stereocenters. The Kier molecular flexibility index (Phi) is 11.8. The molecule has 3 aromatic rings. The molecule has 0 aromatic heterocycles. The second-order valence-corrected chi connectivity index (χ2v) is 12.9. The Morgan fingerprint density at radius 3 is 2.20 bits per heavy atom. The first-order valence-corrected chi connectivity index (χ1v) is 16.4. The average Bonchev–Trinajstić information content (AvgIpc) is 3.08. The minimum atomic E-state index is -5.37. The van der Waals surface area contributed by atoms with Crippen LogP contribution in [0.4, 0.5) is 0 Å². The quantitative estimate of drug-likeness (QED) is 0.0785. The average molecular weight is 747 g/mol. The van der Waals surface area contributed by atoms with Crippen molar-refractivity contribution >= 4 is 13.6 Å². The maximum atomic E-state index is 13.0. The molecule has 3 aromatic carbocycles. The first kappa shape index (κ1) is 39.0. The largest absolute Gasteiger partial charge is 1.00 e. The van der Waals surface area contributed by atoms with Gasteiger partial charge in [0, 0.05) is 17.7 Å². The summed E-state index contributed by atoms with van der Waals surface area (Å²) in [4.78, 5) is 25.8. The predicted octanol–water partition coefficient (Wildman–Crippen LogP) is -3.32. The van der Waals surface area contributed by atoms with Crippen molar-refractivity contribution in [2.75, 3.05) is 20.3 Å². The number of carbonyl (C=O) groups excluding carboxylic acids is 1. The molecule has 0 amide bonds. The number of hydrogen-bond donors (Lipinski definition) is 8. The molecule has 0 saturated carbocycles. The standard InChI is InChI=1S/C31H33O18P.Na/c1-43-18-6-12(2-4-15(18)34)29-22(11-44-50(41,42)49-31-28(40)26(38)24(36)21(10-32)48-31)45-17-5-3-13(7-19(17)46-29)30-27(39)25(37)23-16(35)8-14(33)9-20(23)47-30;/h2-9,21-22,24,26-36,38-40H,10-11H2,1H3,(H,41,42);/q;+1/p-1/t21-,22+,24-,26+,27+,28-,29-,30-,31?;/m1./s1. The zero-order chi connectivity index (χ0) is 36.1. The zero-order valence-corrected chi connectivity index (χ0v) is 29.7. The van der Waals surface area contributed by atoms with Gasteiger partial charge >= 0.3 is 29.6 Å². The van der Waals surface area contributed by atoms with Crippen LogP contribution in [-0.2, 0) is 18.3 Å². The number of fused-ring (bicyclic) bond motifs is 2. The number of aliphatic hydroxyl groups excluding tert-OH is 5. The number of benzene rings is 3. The molecule has 3 heterocycles. The maximum absolute atomic E-state index is 13.0. The summed E-state index contributed by atoms with van der Waals surface area (Å²) in [5, 5.41) is 80.5. The van der Waals surface area contributed by atoms with Gasteiger partial charge in [0.2, 0.25) is 5.78 Å². The number of hydrogen-bond acceptors (Lipinski definition) is 18. The van der Waals surface area contributed by atoms with Crippen LogP contribution in [0, 0.1) is 0 Å². The van der Waals surface area contributed by atoms with Gasteiger partial charge in [-0.05, 0) is 29.8 Å². The summed E-state index contributed by atoms with van der Waals surface area (Å²) >= 11 is 0. The molecule has 6 rings (SSSR count). The second-order valence-electron chi connectivity index (χ2n) is 11.6. The fourth-order valence-corrected chi connectivity index (χ4v) is 6.56. The Hall–Kier alpha value is -3.20. The molecule has 0 spiro atoms. The van der Waals surface area contributed by atoms with Gasteiger partial charge < -0.3 is 74.0 Å². The van der Waals surface area contributed by atoms with Crippen LogP contribution in [0.1, 0.15) is 33.7 Å². The molecule has 1 saturated heterocycles. The van der Waals surface area contributed by atoms with Gasteiger partial charge in [-0.3, -0.25) is 13.9 Å². The molecule has 0 bridgehead atoms. The minimum Gasteiger partial charge on any atom is -0.756 e. The van der Waals surface area contributed by atoms with E-state index in [1.165, 1.54) is 43.5 Å². The fraction of sp³-hybridized carbons (Fsp3) is 0.387. The Labute approximate surface area is 310 Å². The summed E-state index contributed by atoms with van der Waals surface area (Å²) in [7, 11) is -4.07. The van der Waals surface area contributed by atoms with Crippen molar-refractivity contribution in [3.63, 3.8) is 0 Å². The van der Waals surface area contributed by atoms with Gasteiger partial charge in [-0.1, -0.05) is 12.1 Å². The van der Waals surface area contributed by atoms with E-state index < -0.39 is 87.7 Å². The SMILES string of the molecule is COc1cc([C@H]2Oc3cc([C@H]4Oc5cc(O)cc(O)c5C(=O)[C@@H]4O)ccc3O[C@H]2COP(=O)([O-])OC2O[C@H](CO)[C@@H](O)[C@H](O)[C@H]2O)ccc1O.[Na+]. The van der Waals surface area contributed by atoms with Crippen LogP contribution >= 0.6 is 7.82 Å². The number of rotatable bonds is 9. The van der Waals surface area contributed by atoms with Crippen LogP contribution < -0.4 is 53.4 Å². The van der Waals surface area contributed by atoms with Crippen molar-refractivity contribution in [2.24, 2.45) is 0 Å². The number of phenols is 3. The summed E-state index contributed by atoms with van der Waals surface area (Å²) in [6.07, 6.45) is -14.7. The van der Waals surface area contributed by atoms with Gasteiger partial charge in [0.1, 0.15) is 47.2 Å². The number of phenolic OH excluding ortho intramolecular Hbond substituents is 3. The normalized spacial score (nSPS) is 29.5. The summed E-state index contributed by atoms with van der Waals surface area (Å²) < 4.78 is 51.1. The van der Waals surface area contributed by atoms with Gasteiger partial charge in [0.25, 0.3) is 7.82 Å². The summed E-state index contributed by atoms with van der Waals surface area (Å²) in [6.45, 7) is -1.60. The topological polar surface area (TPSA) is 284 Å².